The van der Waals surface area contributed by atoms with E-state index in [1.165, 1.54) is 24.8 Å². The maximum absolute atomic E-state index is 8.50. The van der Waals surface area contributed by atoms with Crippen molar-refractivity contribution in [2.24, 2.45) is 5.92 Å². The molecule has 0 N–H and O–H groups in total. The minimum absolute atomic E-state index is 0.767. The van der Waals surface area contributed by atoms with Crippen molar-refractivity contribution < 1.29 is 25.7 Å². The number of rotatable bonds is 1. The summed E-state index contributed by atoms with van der Waals surface area (Å²) in [5, 5.41) is 0. The molecule has 0 aromatic rings. The molecule has 0 aliphatic heterocycles. The summed E-state index contributed by atoms with van der Waals surface area (Å²) in [6.45, 7) is 8.33. The first kappa shape index (κ1) is 12.8. The third-order valence-electron chi connectivity index (χ3n) is 2.33. The van der Waals surface area contributed by atoms with Crippen LogP contribution in [0.4, 0.5) is 0 Å². The van der Waals surface area contributed by atoms with E-state index in [4.69, 9.17) is 6.65 Å². The molecule has 13 heavy (non-hydrogen) atoms. The maximum atomic E-state index is 8.50. The number of allylic oxidation sites excluding steroid dienone is 3. The second-order valence-electron chi connectivity index (χ2n) is 3.45. The van der Waals surface area contributed by atoms with Crippen molar-refractivity contribution >= 4 is 0 Å². The Kier molecular flexibility index (Phi) is 7.11. The average Bonchev–Trinajstić information content (AvgIpc) is 2.06. The third-order valence-corrected chi connectivity index (χ3v) is 2.33. The van der Waals surface area contributed by atoms with Crippen LogP contribution in [-0.4, -0.2) is 0 Å². The van der Waals surface area contributed by atoms with E-state index < -0.39 is 19.1 Å². The van der Waals surface area contributed by atoms with Gasteiger partial charge in [0.25, 0.3) is 0 Å². The molecule has 0 bridgehead atoms. The standard InChI is InChI=1S/C10H16.2O.Ti/c1-8(2)10-6-4-9(3)5-7-10;;;/h4,10H,1,5-7H2,2-3H3;;;. The van der Waals surface area contributed by atoms with E-state index in [1.807, 2.05) is 0 Å². The van der Waals surface area contributed by atoms with Crippen LogP contribution in [0.5, 0.6) is 0 Å². The molecule has 2 nitrogen and oxygen atoms in total. The minimum atomic E-state index is -2.00. The molecule has 0 fully saturated rings. The average molecular weight is 216 g/mol. The van der Waals surface area contributed by atoms with Crippen LogP contribution in [0, 0.1) is 5.92 Å². The van der Waals surface area contributed by atoms with Crippen LogP contribution in [0.15, 0.2) is 23.8 Å². The Labute approximate surface area is 88.7 Å². The van der Waals surface area contributed by atoms with Crippen LogP contribution < -0.4 is 0 Å². The zero-order chi connectivity index (χ0) is 10.3. The fraction of sp³-hybridized carbons (Fsp3) is 0.600. The van der Waals surface area contributed by atoms with E-state index in [0.29, 0.717) is 0 Å². The topological polar surface area (TPSA) is 34.1 Å². The van der Waals surface area contributed by atoms with Gasteiger partial charge in [0.05, 0.1) is 0 Å². The predicted molar refractivity (Wildman–Crippen MR) is 47.3 cm³/mol. The van der Waals surface area contributed by atoms with Gasteiger partial charge in [-0.15, -0.1) is 0 Å². The fourth-order valence-electron chi connectivity index (χ4n) is 1.41. The van der Waals surface area contributed by atoms with E-state index in [2.05, 4.69) is 26.5 Å². The molecule has 1 aliphatic rings. The Morgan fingerprint density at radius 2 is 2.15 bits per heavy atom. The van der Waals surface area contributed by atoms with Crippen molar-refractivity contribution in [2.75, 3.05) is 0 Å². The Hall–Kier alpha value is -0.206. The number of hydrogen-bond donors (Lipinski definition) is 0. The van der Waals surface area contributed by atoms with Gasteiger partial charge in [-0.3, -0.25) is 0 Å². The quantitative estimate of drug-likeness (QED) is 0.498. The van der Waals surface area contributed by atoms with Crippen molar-refractivity contribution in [3.05, 3.63) is 23.8 Å². The molecule has 0 amide bonds. The Bertz CT molecular complexity index is 237. The van der Waals surface area contributed by atoms with Gasteiger partial charge in [-0.1, -0.05) is 23.8 Å². The van der Waals surface area contributed by atoms with Gasteiger partial charge in [0.15, 0.2) is 0 Å². The summed E-state index contributed by atoms with van der Waals surface area (Å²) in [7, 11) is 0. The molecule has 1 aliphatic carbocycles. The summed E-state index contributed by atoms with van der Waals surface area (Å²) in [6, 6.07) is 0. The molecular formula is C10H16O2Ti. The van der Waals surface area contributed by atoms with Gasteiger partial charge in [-0.05, 0) is 39.0 Å². The Morgan fingerprint density at radius 3 is 2.46 bits per heavy atom. The summed E-state index contributed by atoms with van der Waals surface area (Å²) in [5.74, 6) is 0.767. The molecule has 0 radical (unpaired) electrons. The van der Waals surface area contributed by atoms with E-state index in [9.17, 15) is 0 Å². The summed E-state index contributed by atoms with van der Waals surface area (Å²) >= 11 is -2.00. The van der Waals surface area contributed by atoms with Crippen LogP contribution in [-0.2, 0) is 25.7 Å². The molecule has 0 spiro atoms. The molecule has 1 unspecified atom stereocenters. The van der Waals surface area contributed by atoms with E-state index in [1.54, 1.807) is 5.57 Å². The van der Waals surface area contributed by atoms with Crippen LogP contribution in [0.25, 0.3) is 0 Å². The second kappa shape index (κ2) is 7.22. The zero-order valence-electron chi connectivity index (χ0n) is 8.30. The van der Waals surface area contributed by atoms with E-state index >= 15 is 0 Å². The predicted octanol–water partition coefficient (Wildman–Crippen LogP) is 3.07. The van der Waals surface area contributed by atoms with Crippen LogP contribution in [0.2, 0.25) is 0 Å². The number of hydrogen-bond acceptors (Lipinski definition) is 2. The van der Waals surface area contributed by atoms with Crippen molar-refractivity contribution in [2.45, 2.75) is 33.1 Å². The first-order valence-electron chi connectivity index (χ1n) is 4.42. The summed E-state index contributed by atoms with van der Waals surface area (Å²) in [6.07, 6.45) is 6.17. The molecule has 0 saturated heterocycles. The van der Waals surface area contributed by atoms with Gasteiger partial charge in [0.2, 0.25) is 0 Å². The van der Waals surface area contributed by atoms with Gasteiger partial charge < -0.3 is 0 Å². The van der Waals surface area contributed by atoms with Crippen molar-refractivity contribution in [3.8, 4) is 0 Å². The summed E-state index contributed by atoms with van der Waals surface area (Å²) in [5.41, 5.74) is 2.90. The molecule has 0 heterocycles. The molecule has 0 aromatic carbocycles. The molecule has 0 aromatic heterocycles. The van der Waals surface area contributed by atoms with Gasteiger partial charge in [-0.2, -0.15) is 0 Å². The van der Waals surface area contributed by atoms with Crippen molar-refractivity contribution in [1.82, 2.24) is 0 Å². The first-order chi connectivity index (χ1) is 6.11. The van der Waals surface area contributed by atoms with Gasteiger partial charge in [-0.25, -0.2) is 0 Å². The summed E-state index contributed by atoms with van der Waals surface area (Å²) in [4.78, 5) is 0. The Morgan fingerprint density at radius 1 is 1.62 bits per heavy atom. The molecule has 1 rings (SSSR count). The monoisotopic (exact) mass is 216 g/mol. The van der Waals surface area contributed by atoms with Crippen LogP contribution >= 0.6 is 0 Å². The molecular weight excluding hydrogens is 200 g/mol. The van der Waals surface area contributed by atoms with E-state index in [0.717, 1.165) is 5.92 Å². The third kappa shape index (κ3) is 5.95. The first-order valence-corrected chi connectivity index (χ1v) is 5.69. The van der Waals surface area contributed by atoms with Gasteiger partial charge in [0.1, 0.15) is 0 Å². The second-order valence-corrected chi connectivity index (χ2v) is 3.71. The molecule has 72 valence electrons. The fourth-order valence-corrected chi connectivity index (χ4v) is 1.41. The van der Waals surface area contributed by atoms with Gasteiger partial charge >= 0.3 is 25.7 Å². The SMILES string of the molecule is C=C(C)C1CC=C(C)CC1.[O]=[Ti]=[O]. The summed E-state index contributed by atoms with van der Waals surface area (Å²) < 4.78 is 17.0. The van der Waals surface area contributed by atoms with Crippen LogP contribution in [0.3, 0.4) is 0 Å². The molecule has 0 saturated carbocycles. The molecule has 3 heteroatoms. The van der Waals surface area contributed by atoms with Crippen LogP contribution in [0.1, 0.15) is 33.1 Å². The van der Waals surface area contributed by atoms with Crippen molar-refractivity contribution in [3.63, 3.8) is 0 Å². The van der Waals surface area contributed by atoms with Crippen molar-refractivity contribution in [1.29, 1.82) is 0 Å². The normalized spacial score (nSPS) is 20.5. The Balaban J connectivity index is 0.000000424. The van der Waals surface area contributed by atoms with Gasteiger partial charge in [0, 0.05) is 0 Å². The van der Waals surface area contributed by atoms with E-state index in [-0.39, 0.29) is 0 Å². The zero-order valence-corrected chi connectivity index (χ0v) is 9.86. The molecule has 1 atom stereocenters.